The summed E-state index contributed by atoms with van der Waals surface area (Å²) in [7, 11) is 3.44. The largest absolute Gasteiger partial charge is 0.494 e. The van der Waals surface area contributed by atoms with Gasteiger partial charge < -0.3 is 9.30 Å². The number of aryl methyl sites for hydroxylation is 1. The van der Waals surface area contributed by atoms with Crippen molar-refractivity contribution in [2.75, 3.05) is 7.11 Å². The van der Waals surface area contributed by atoms with Crippen LogP contribution in [0.25, 0.3) is 27.5 Å². The molecule has 0 aliphatic carbocycles. The molecule has 4 rings (SSSR count). The maximum atomic E-state index is 13.9. The first kappa shape index (κ1) is 17.3. The molecule has 0 bridgehead atoms. The summed E-state index contributed by atoms with van der Waals surface area (Å²) in [6, 6.07) is 9.35. The number of aromatic nitrogens is 3. The second-order valence-corrected chi connectivity index (χ2v) is 7.78. The van der Waals surface area contributed by atoms with E-state index < -0.39 is 0 Å². The van der Waals surface area contributed by atoms with Crippen LogP contribution in [0.2, 0.25) is 0 Å². The van der Waals surface area contributed by atoms with Crippen LogP contribution >= 0.6 is 22.6 Å². The summed E-state index contributed by atoms with van der Waals surface area (Å²) in [6.45, 7) is 4.35. The van der Waals surface area contributed by atoms with Gasteiger partial charge in [0.2, 0.25) is 0 Å². The first-order valence-electron chi connectivity index (χ1n) is 8.41. The highest BCUT2D eigenvalue weighted by Crippen LogP contribution is 2.37. The lowest BCUT2D eigenvalue weighted by molar-refractivity contribution is 0.386. The summed E-state index contributed by atoms with van der Waals surface area (Å²) in [6.07, 6.45) is 1.87. The molecule has 4 nitrogen and oxygen atoms in total. The molecule has 6 heteroatoms. The first-order valence-corrected chi connectivity index (χ1v) is 9.49. The van der Waals surface area contributed by atoms with Gasteiger partial charge in [-0.15, -0.1) is 0 Å². The van der Waals surface area contributed by atoms with E-state index >= 15 is 0 Å². The number of ether oxygens (including phenoxy) is 1. The Morgan fingerprint density at radius 2 is 1.92 bits per heavy atom. The fraction of sp³-hybridized carbons (Fsp3) is 0.250. The van der Waals surface area contributed by atoms with Crippen LogP contribution in [0.4, 0.5) is 4.39 Å². The second kappa shape index (κ2) is 6.26. The summed E-state index contributed by atoms with van der Waals surface area (Å²) in [4.78, 5) is 0. The molecule has 0 aliphatic rings. The maximum absolute atomic E-state index is 13.9. The van der Waals surface area contributed by atoms with Crippen molar-refractivity contribution in [3.63, 3.8) is 0 Å². The van der Waals surface area contributed by atoms with Gasteiger partial charge in [0.05, 0.1) is 24.3 Å². The molecule has 134 valence electrons. The Bertz CT molecular complexity index is 1140. The average Bonchev–Trinajstić information content (AvgIpc) is 3.12. The molecule has 2 heterocycles. The summed E-state index contributed by atoms with van der Waals surface area (Å²) < 4.78 is 24.4. The number of benzene rings is 2. The monoisotopic (exact) mass is 463 g/mol. The van der Waals surface area contributed by atoms with Crippen LogP contribution in [-0.2, 0) is 7.05 Å². The lowest BCUT2D eigenvalue weighted by atomic mass is 10.1. The molecule has 0 radical (unpaired) electrons. The number of nitrogens with zero attached hydrogens (tertiary/aromatic N) is 3. The molecule has 4 aromatic rings. The number of halogens is 2. The van der Waals surface area contributed by atoms with Crippen LogP contribution in [0.1, 0.15) is 25.5 Å². The third-order valence-electron chi connectivity index (χ3n) is 4.75. The van der Waals surface area contributed by atoms with E-state index in [1.807, 2.05) is 17.9 Å². The Kier molecular flexibility index (Phi) is 4.17. The fourth-order valence-corrected chi connectivity index (χ4v) is 4.79. The van der Waals surface area contributed by atoms with E-state index in [1.165, 1.54) is 27.8 Å². The number of hydrogen-bond acceptors (Lipinski definition) is 2. The Labute approximate surface area is 164 Å². The van der Waals surface area contributed by atoms with Gasteiger partial charge in [-0.05, 0) is 52.8 Å². The zero-order valence-electron chi connectivity index (χ0n) is 15.0. The van der Waals surface area contributed by atoms with Crippen LogP contribution in [-0.4, -0.2) is 21.5 Å². The molecule has 26 heavy (non-hydrogen) atoms. The molecule has 0 amide bonds. The van der Waals surface area contributed by atoms with Crippen molar-refractivity contribution < 1.29 is 9.13 Å². The van der Waals surface area contributed by atoms with Crippen molar-refractivity contribution in [1.82, 2.24) is 14.3 Å². The molecular formula is C20H19FIN3O. The standard InChI is InChI=1S/C20H19FIN3O/c1-11(2)20-19(22)14-9-16-12(10-23-24(16)3)7-17(14)25(20)13-5-6-15(21)18(8-13)26-4/h5-11H,1-4H3. The topological polar surface area (TPSA) is 32.0 Å². The SMILES string of the molecule is COc1cc(-n2c(C(C)C)c(I)c3cc4c(cnn4C)cc32)ccc1F. The van der Waals surface area contributed by atoms with Gasteiger partial charge in [-0.3, -0.25) is 4.68 Å². The number of rotatable bonds is 3. The van der Waals surface area contributed by atoms with Gasteiger partial charge in [0.1, 0.15) is 0 Å². The molecule has 2 aromatic heterocycles. The number of methoxy groups -OCH3 is 1. The maximum Gasteiger partial charge on any atom is 0.165 e. The molecule has 0 N–H and O–H groups in total. The third kappa shape index (κ3) is 2.50. The summed E-state index contributed by atoms with van der Waals surface area (Å²) in [5.41, 5.74) is 4.28. The lowest BCUT2D eigenvalue weighted by Gasteiger charge is -2.15. The lowest BCUT2D eigenvalue weighted by Crippen LogP contribution is -2.04. The first-order chi connectivity index (χ1) is 12.4. The van der Waals surface area contributed by atoms with Crippen molar-refractivity contribution in [2.45, 2.75) is 19.8 Å². The summed E-state index contributed by atoms with van der Waals surface area (Å²) >= 11 is 2.41. The van der Waals surface area contributed by atoms with Crippen LogP contribution < -0.4 is 4.74 Å². The van der Waals surface area contributed by atoms with E-state index in [-0.39, 0.29) is 11.6 Å². The Balaban J connectivity index is 2.12. The van der Waals surface area contributed by atoms with Gasteiger partial charge in [0, 0.05) is 38.8 Å². The normalized spacial score (nSPS) is 11.8. The Morgan fingerprint density at radius 3 is 2.62 bits per heavy atom. The molecule has 0 saturated heterocycles. The van der Waals surface area contributed by atoms with E-state index in [0.29, 0.717) is 5.92 Å². The van der Waals surface area contributed by atoms with Gasteiger partial charge in [-0.1, -0.05) is 13.8 Å². The molecule has 0 spiro atoms. The minimum atomic E-state index is -0.358. The van der Waals surface area contributed by atoms with Crippen LogP contribution in [0, 0.1) is 9.39 Å². The van der Waals surface area contributed by atoms with E-state index in [9.17, 15) is 4.39 Å². The molecule has 0 unspecified atom stereocenters. The molecule has 2 aromatic carbocycles. The Morgan fingerprint density at radius 1 is 1.15 bits per heavy atom. The van der Waals surface area contributed by atoms with Gasteiger partial charge >= 0.3 is 0 Å². The van der Waals surface area contributed by atoms with E-state index in [0.717, 1.165) is 22.1 Å². The number of hydrogen-bond donors (Lipinski definition) is 0. The third-order valence-corrected chi connectivity index (χ3v) is 5.88. The molecular weight excluding hydrogens is 444 g/mol. The highest BCUT2D eigenvalue weighted by molar-refractivity contribution is 14.1. The van der Waals surface area contributed by atoms with Crippen molar-refractivity contribution in [1.29, 1.82) is 0 Å². The zero-order chi connectivity index (χ0) is 18.6. The molecule has 0 saturated carbocycles. The van der Waals surface area contributed by atoms with Crippen molar-refractivity contribution in [2.24, 2.45) is 7.05 Å². The summed E-state index contributed by atoms with van der Waals surface area (Å²) in [5, 5.41) is 6.62. The highest BCUT2D eigenvalue weighted by Gasteiger charge is 2.21. The molecule has 0 fully saturated rings. The quantitative estimate of drug-likeness (QED) is 0.382. The molecule has 0 atom stereocenters. The van der Waals surface area contributed by atoms with Gasteiger partial charge in [-0.2, -0.15) is 5.10 Å². The minimum absolute atomic E-state index is 0.247. The van der Waals surface area contributed by atoms with Gasteiger partial charge in [0.25, 0.3) is 0 Å². The smallest absolute Gasteiger partial charge is 0.165 e. The fourth-order valence-electron chi connectivity index (χ4n) is 3.49. The minimum Gasteiger partial charge on any atom is -0.494 e. The van der Waals surface area contributed by atoms with E-state index in [2.05, 4.69) is 58.2 Å². The van der Waals surface area contributed by atoms with Crippen molar-refractivity contribution >= 4 is 44.4 Å². The predicted octanol–water partition coefficient (Wildman–Crippen LogP) is 5.39. The Hall–Kier alpha value is -2.09. The summed E-state index contributed by atoms with van der Waals surface area (Å²) in [5.74, 6) is 0.200. The van der Waals surface area contributed by atoms with Crippen LogP contribution in [0.15, 0.2) is 36.5 Å². The van der Waals surface area contributed by atoms with E-state index in [4.69, 9.17) is 4.74 Å². The molecule has 0 aliphatic heterocycles. The van der Waals surface area contributed by atoms with Gasteiger partial charge in [0.15, 0.2) is 11.6 Å². The average molecular weight is 463 g/mol. The van der Waals surface area contributed by atoms with Crippen LogP contribution in [0.5, 0.6) is 5.75 Å². The zero-order valence-corrected chi connectivity index (χ0v) is 17.2. The number of fused-ring (bicyclic) bond motifs is 2. The predicted molar refractivity (Wildman–Crippen MR) is 111 cm³/mol. The van der Waals surface area contributed by atoms with Crippen molar-refractivity contribution in [3.8, 4) is 11.4 Å². The van der Waals surface area contributed by atoms with Gasteiger partial charge in [-0.25, -0.2) is 4.39 Å². The highest BCUT2D eigenvalue weighted by atomic mass is 127. The second-order valence-electron chi connectivity index (χ2n) is 6.70. The van der Waals surface area contributed by atoms with Crippen LogP contribution in [0.3, 0.4) is 0 Å². The van der Waals surface area contributed by atoms with Crippen molar-refractivity contribution in [3.05, 3.63) is 51.6 Å². The van der Waals surface area contributed by atoms with E-state index in [1.54, 1.807) is 12.1 Å².